The highest BCUT2D eigenvalue weighted by atomic mass is 32.2. The van der Waals surface area contributed by atoms with Crippen LogP contribution >= 0.6 is 24.0 Å². The third-order valence-corrected chi connectivity index (χ3v) is 6.91. The van der Waals surface area contributed by atoms with Gasteiger partial charge in [-0.3, -0.25) is 9.69 Å². The van der Waals surface area contributed by atoms with Crippen LogP contribution in [-0.2, 0) is 11.2 Å². The fraction of sp³-hybridized carbons (Fsp3) is 0.273. The van der Waals surface area contributed by atoms with E-state index in [1.54, 1.807) is 29.7 Å². The molecule has 2 aromatic rings. The van der Waals surface area contributed by atoms with Gasteiger partial charge in [0.1, 0.15) is 4.32 Å². The molecule has 0 bridgehead atoms. The van der Waals surface area contributed by atoms with Gasteiger partial charge in [0.05, 0.1) is 18.1 Å². The Morgan fingerprint density at radius 2 is 1.93 bits per heavy atom. The van der Waals surface area contributed by atoms with Crippen LogP contribution < -0.4 is 0 Å². The van der Waals surface area contributed by atoms with Crippen molar-refractivity contribution in [2.45, 2.75) is 30.7 Å². The van der Waals surface area contributed by atoms with Crippen molar-refractivity contribution < 1.29 is 9.90 Å². The number of thioether (sulfide) groups is 1. The molecule has 27 heavy (non-hydrogen) atoms. The zero-order valence-corrected chi connectivity index (χ0v) is 16.6. The number of hydrogen-bond acceptors (Lipinski definition) is 4. The number of fused-ring (bicyclic) bond motifs is 3. The average Bonchev–Trinajstić information content (AvgIpc) is 3.20. The molecule has 2 aliphatic rings. The summed E-state index contributed by atoms with van der Waals surface area (Å²) >= 11 is 7.12. The number of nitrogens with zero attached hydrogens (tertiary/aromatic N) is 1. The summed E-state index contributed by atoms with van der Waals surface area (Å²) in [6, 6.07) is 18.0. The lowest BCUT2D eigenvalue weighted by Crippen LogP contribution is -2.41. The van der Waals surface area contributed by atoms with E-state index in [1.807, 2.05) is 48.5 Å². The van der Waals surface area contributed by atoms with Gasteiger partial charge in [0.15, 0.2) is 0 Å². The summed E-state index contributed by atoms with van der Waals surface area (Å²) in [6.07, 6.45) is 3.60. The van der Waals surface area contributed by atoms with E-state index in [-0.39, 0.29) is 17.2 Å². The fourth-order valence-electron chi connectivity index (χ4n) is 3.78. The van der Waals surface area contributed by atoms with Crippen LogP contribution in [0.15, 0.2) is 60.7 Å². The van der Waals surface area contributed by atoms with E-state index in [0.717, 1.165) is 12.0 Å². The highest BCUT2D eigenvalue weighted by Gasteiger charge is 2.48. The van der Waals surface area contributed by atoms with Crippen LogP contribution in [0, 0.1) is 5.92 Å². The number of aliphatic hydroxyl groups is 1. The van der Waals surface area contributed by atoms with Crippen LogP contribution in [0.2, 0.25) is 0 Å². The summed E-state index contributed by atoms with van der Waals surface area (Å²) in [7, 11) is 0. The first-order valence-electron chi connectivity index (χ1n) is 9.09. The molecule has 5 heteroatoms. The molecule has 0 spiro atoms. The molecule has 0 saturated carbocycles. The Bertz CT molecular complexity index is 896. The lowest BCUT2D eigenvalue weighted by Gasteiger charge is -2.28. The fourth-order valence-corrected chi connectivity index (χ4v) is 5.59. The molecule has 1 amide bonds. The topological polar surface area (TPSA) is 40.5 Å². The van der Waals surface area contributed by atoms with Crippen LogP contribution in [-0.4, -0.2) is 31.6 Å². The number of amides is 1. The Kier molecular flexibility index (Phi) is 5.17. The van der Waals surface area contributed by atoms with Crippen molar-refractivity contribution in [3.8, 4) is 0 Å². The molecule has 1 heterocycles. The van der Waals surface area contributed by atoms with Gasteiger partial charge in [0.25, 0.3) is 0 Å². The molecule has 4 rings (SSSR count). The average molecular weight is 396 g/mol. The zero-order valence-electron chi connectivity index (χ0n) is 15.0. The van der Waals surface area contributed by atoms with Gasteiger partial charge in [-0.1, -0.05) is 97.7 Å². The molecular formula is C22H21NO2S2. The van der Waals surface area contributed by atoms with Crippen LogP contribution in [0.5, 0.6) is 0 Å². The number of aliphatic hydroxyl groups excluding tert-OH is 1. The number of rotatable bonds is 4. The van der Waals surface area contributed by atoms with Crippen molar-refractivity contribution in [3.63, 3.8) is 0 Å². The quantitative estimate of drug-likeness (QED) is 0.787. The summed E-state index contributed by atoms with van der Waals surface area (Å²) in [5.41, 5.74) is 3.47. The lowest BCUT2D eigenvalue weighted by atomic mass is 9.99. The molecule has 138 valence electrons. The Balaban J connectivity index is 1.53. The number of carbonyl (C=O) groups is 1. The normalized spacial score (nSPS) is 23.3. The maximum atomic E-state index is 13.2. The molecule has 2 aromatic carbocycles. The highest BCUT2D eigenvalue weighted by molar-refractivity contribution is 8.23. The van der Waals surface area contributed by atoms with Gasteiger partial charge in [-0.15, -0.1) is 0 Å². The van der Waals surface area contributed by atoms with Gasteiger partial charge in [-0.25, -0.2) is 0 Å². The van der Waals surface area contributed by atoms with Crippen molar-refractivity contribution in [2.24, 2.45) is 5.92 Å². The summed E-state index contributed by atoms with van der Waals surface area (Å²) in [5, 5.41) is 10.8. The van der Waals surface area contributed by atoms with Crippen LogP contribution in [0.25, 0.3) is 6.08 Å². The second-order valence-corrected chi connectivity index (χ2v) is 8.90. The largest absolute Gasteiger partial charge is 0.388 e. The zero-order chi connectivity index (χ0) is 19.0. The monoisotopic (exact) mass is 395 g/mol. The minimum absolute atomic E-state index is 0.0149. The maximum Gasteiger partial charge on any atom is 0.234 e. The van der Waals surface area contributed by atoms with Crippen LogP contribution in [0.1, 0.15) is 29.7 Å². The Morgan fingerprint density at radius 3 is 2.70 bits per heavy atom. The van der Waals surface area contributed by atoms with E-state index >= 15 is 0 Å². The SMILES string of the molecule is C[C@H](C(=O)N1C(=S)S[C@@H]2Cc3ccccc3C21)[C@H](O)C=Cc1ccccc1. The van der Waals surface area contributed by atoms with E-state index in [4.69, 9.17) is 12.2 Å². The summed E-state index contributed by atoms with van der Waals surface area (Å²) < 4.78 is 0.621. The second kappa shape index (κ2) is 7.58. The minimum Gasteiger partial charge on any atom is -0.388 e. The predicted octanol–water partition coefficient (Wildman–Crippen LogP) is 4.22. The van der Waals surface area contributed by atoms with Gasteiger partial charge in [-0.05, 0) is 23.1 Å². The standard InChI is InChI=1S/C22H21NO2S2/c1-14(18(24)12-11-15-7-3-2-4-8-15)21(25)23-20-17-10-6-5-9-16(17)13-19(20)27-22(23)26/h2-12,14,18-20,24H,13H2,1H3/t14-,18+,19+,20?/m0/s1. The van der Waals surface area contributed by atoms with E-state index < -0.39 is 12.0 Å². The van der Waals surface area contributed by atoms with E-state index in [0.29, 0.717) is 4.32 Å². The van der Waals surface area contributed by atoms with E-state index in [2.05, 4.69) is 12.1 Å². The van der Waals surface area contributed by atoms with Gasteiger partial charge >= 0.3 is 0 Å². The van der Waals surface area contributed by atoms with Crippen molar-refractivity contribution in [1.82, 2.24) is 4.90 Å². The molecule has 1 fully saturated rings. The minimum atomic E-state index is -0.860. The lowest BCUT2D eigenvalue weighted by molar-refractivity contribution is -0.134. The first-order valence-corrected chi connectivity index (χ1v) is 10.4. The Labute approximate surface area is 169 Å². The number of thiocarbonyl (C=S) groups is 1. The van der Waals surface area contributed by atoms with Crippen LogP contribution in [0.3, 0.4) is 0 Å². The van der Waals surface area contributed by atoms with Crippen LogP contribution in [0.4, 0.5) is 0 Å². The second-order valence-electron chi connectivity index (χ2n) is 7.03. The number of benzene rings is 2. The molecule has 0 radical (unpaired) electrons. The molecule has 1 unspecified atom stereocenters. The van der Waals surface area contributed by atoms with E-state index in [9.17, 15) is 9.90 Å². The molecule has 3 nitrogen and oxygen atoms in total. The molecule has 4 atom stereocenters. The molecule has 1 saturated heterocycles. The van der Waals surface area contributed by atoms with Crippen molar-refractivity contribution in [3.05, 3.63) is 77.4 Å². The molecule has 1 aliphatic heterocycles. The first-order chi connectivity index (χ1) is 13.1. The van der Waals surface area contributed by atoms with E-state index in [1.165, 1.54) is 11.1 Å². The maximum absolute atomic E-state index is 13.2. The van der Waals surface area contributed by atoms with Gasteiger partial charge in [-0.2, -0.15) is 0 Å². The molecule has 1 aliphatic carbocycles. The first kappa shape index (κ1) is 18.4. The van der Waals surface area contributed by atoms with Crippen molar-refractivity contribution in [2.75, 3.05) is 0 Å². The smallest absolute Gasteiger partial charge is 0.234 e. The number of carbonyl (C=O) groups excluding carboxylic acids is 1. The van der Waals surface area contributed by atoms with Gasteiger partial charge in [0, 0.05) is 5.25 Å². The Hall–Kier alpha value is -1.95. The summed E-state index contributed by atoms with van der Waals surface area (Å²) in [4.78, 5) is 14.9. The third-order valence-electron chi connectivity index (χ3n) is 5.30. The molecule has 1 N–H and O–H groups in total. The molecular weight excluding hydrogens is 374 g/mol. The van der Waals surface area contributed by atoms with Gasteiger partial charge < -0.3 is 5.11 Å². The van der Waals surface area contributed by atoms with Crippen molar-refractivity contribution >= 4 is 40.3 Å². The van der Waals surface area contributed by atoms with Gasteiger partial charge in [0.2, 0.25) is 5.91 Å². The highest BCUT2D eigenvalue weighted by Crippen LogP contribution is 2.49. The Morgan fingerprint density at radius 1 is 1.22 bits per heavy atom. The third kappa shape index (κ3) is 3.47. The number of hydrogen-bond donors (Lipinski definition) is 1. The summed E-state index contributed by atoms with van der Waals surface area (Å²) in [6.45, 7) is 1.77. The predicted molar refractivity (Wildman–Crippen MR) is 114 cm³/mol. The summed E-state index contributed by atoms with van der Waals surface area (Å²) in [5.74, 6) is -0.670. The van der Waals surface area contributed by atoms with Crippen molar-refractivity contribution in [1.29, 1.82) is 0 Å². The molecule has 0 aromatic heterocycles.